The molecule has 3 N–H and O–H groups in total. The summed E-state index contributed by atoms with van der Waals surface area (Å²) in [4.78, 5) is 11.5. The summed E-state index contributed by atoms with van der Waals surface area (Å²) in [5.74, 6) is -0.434. The highest BCUT2D eigenvalue weighted by Gasteiger charge is 2.09. The van der Waals surface area contributed by atoms with Crippen LogP contribution in [0.5, 0.6) is 0 Å². The van der Waals surface area contributed by atoms with E-state index in [0.717, 1.165) is 0 Å². The van der Waals surface area contributed by atoms with Gasteiger partial charge in [0.1, 0.15) is 0 Å². The van der Waals surface area contributed by atoms with Gasteiger partial charge in [0.15, 0.2) is 5.11 Å². The Morgan fingerprint density at radius 2 is 2.25 bits per heavy atom. The number of carbonyl (C=O) groups excluding carboxylic acids is 1. The van der Waals surface area contributed by atoms with Crippen LogP contribution in [0, 0.1) is 0 Å². The molecule has 1 rings (SSSR count). The molecule has 86 valence electrons. The van der Waals surface area contributed by atoms with Crippen molar-refractivity contribution in [3.63, 3.8) is 0 Å². The summed E-state index contributed by atoms with van der Waals surface area (Å²) < 4.78 is 4.85. The first-order chi connectivity index (χ1) is 7.52. The molecular formula is C10H11ClN2O2S. The Labute approximate surface area is 104 Å². The van der Waals surface area contributed by atoms with E-state index < -0.39 is 5.97 Å². The Balaban J connectivity index is 2.97. The van der Waals surface area contributed by atoms with Crippen LogP contribution >= 0.6 is 23.8 Å². The molecule has 0 saturated carbocycles. The van der Waals surface area contributed by atoms with Gasteiger partial charge in [0.2, 0.25) is 0 Å². The smallest absolute Gasteiger partial charge is 0.338 e. The predicted octanol–water partition coefficient (Wildman–Crippen LogP) is 2.17. The van der Waals surface area contributed by atoms with Gasteiger partial charge in [-0.1, -0.05) is 11.6 Å². The lowest BCUT2D eigenvalue weighted by Crippen LogP contribution is -2.19. The molecule has 0 aliphatic carbocycles. The maximum absolute atomic E-state index is 11.5. The third-order valence-corrected chi connectivity index (χ3v) is 2.00. The Hall–Kier alpha value is -1.33. The fourth-order valence-corrected chi connectivity index (χ4v) is 1.49. The summed E-state index contributed by atoms with van der Waals surface area (Å²) in [5.41, 5.74) is 6.23. The van der Waals surface area contributed by atoms with Crippen LogP contribution in [-0.4, -0.2) is 17.7 Å². The topological polar surface area (TPSA) is 64.3 Å². The highest BCUT2D eigenvalue weighted by molar-refractivity contribution is 7.80. The molecule has 0 atom stereocenters. The number of ether oxygens (including phenoxy) is 1. The molecule has 0 spiro atoms. The van der Waals surface area contributed by atoms with E-state index in [9.17, 15) is 4.79 Å². The van der Waals surface area contributed by atoms with E-state index in [0.29, 0.717) is 22.9 Å². The second-order valence-corrected chi connectivity index (χ2v) is 3.81. The van der Waals surface area contributed by atoms with Crippen molar-refractivity contribution in [2.75, 3.05) is 11.9 Å². The lowest BCUT2D eigenvalue weighted by atomic mass is 10.2. The third-order valence-electron chi connectivity index (χ3n) is 1.68. The first-order valence-corrected chi connectivity index (χ1v) is 5.35. The average Bonchev–Trinajstić information content (AvgIpc) is 2.15. The molecule has 1 aromatic carbocycles. The molecule has 0 amide bonds. The Morgan fingerprint density at radius 3 is 2.81 bits per heavy atom. The summed E-state index contributed by atoms with van der Waals surface area (Å²) >= 11 is 10.5. The minimum atomic E-state index is -0.434. The summed E-state index contributed by atoms with van der Waals surface area (Å²) in [5, 5.41) is 3.22. The molecular weight excluding hydrogens is 248 g/mol. The maximum Gasteiger partial charge on any atom is 0.338 e. The molecule has 0 radical (unpaired) electrons. The zero-order chi connectivity index (χ0) is 12.1. The van der Waals surface area contributed by atoms with Crippen molar-refractivity contribution in [2.24, 2.45) is 5.73 Å². The minimum absolute atomic E-state index is 0.108. The highest BCUT2D eigenvalue weighted by Crippen LogP contribution is 2.19. The van der Waals surface area contributed by atoms with Crippen molar-refractivity contribution >= 4 is 40.6 Å². The second-order valence-electron chi connectivity index (χ2n) is 2.94. The van der Waals surface area contributed by atoms with Gasteiger partial charge in [0, 0.05) is 10.7 Å². The zero-order valence-corrected chi connectivity index (χ0v) is 10.2. The van der Waals surface area contributed by atoms with E-state index in [1.807, 2.05) is 0 Å². The summed E-state index contributed by atoms with van der Waals surface area (Å²) in [6.45, 7) is 2.04. The number of anilines is 1. The lowest BCUT2D eigenvalue weighted by Gasteiger charge is -2.07. The number of benzene rings is 1. The zero-order valence-electron chi connectivity index (χ0n) is 8.62. The number of esters is 1. The molecule has 0 aliphatic rings. The van der Waals surface area contributed by atoms with Crippen LogP contribution in [0.15, 0.2) is 18.2 Å². The van der Waals surface area contributed by atoms with Gasteiger partial charge in [-0.25, -0.2) is 4.79 Å². The summed E-state index contributed by atoms with van der Waals surface area (Å²) in [7, 11) is 0. The van der Waals surface area contributed by atoms with Gasteiger partial charge in [0.25, 0.3) is 0 Å². The minimum Gasteiger partial charge on any atom is -0.462 e. The van der Waals surface area contributed by atoms with Crippen molar-refractivity contribution in [2.45, 2.75) is 6.92 Å². The molecule has 1 aromatic rings. The van der Waals surface area contributed by atoms with Crippen LogP contribution < -0.4 is 11.1 Å². The van der Waals surface area contributed by atoms with Crippen LogP contribution in [0.1, 0.15) is 17.3 Å². The third kappa shape index (κ3) is 3.67. The number of hydrogen-bond donors (Lipinski definition) is 2. The van der Waals surface area contributed by atoms with Crippen molar-refractivity contribution < 1.29 is 9.53 Å². The lowest BCUT2D eigenvalue weighted by molar-refractivity contribution is 0.0526. The van der Waals surface area contributed by atoms with Gasteiger partial charge >= 0.3 is 5.97 Å². The van der Waals surface area contributed by atoms with Crippen molar-refractivity contribution in [3.05, 3.63) is 28.8 Å². The van der Waals surface area contributed by atoms with Gasteiger partial charge in [-0.2, -0.15) is 0 Å². The highest BCUT2D eigenvalue weighted by atomic mass is 35.5. The van der Waals surface area contributed by atoms with Gasteiger partial charge < -0.3 is 15.8 Å². The Bertz CT molecular complexity index is 423. The van der Waals surface area contributed by atoms with Gasteiger partial charge in [-0.3, -0.25) is 0 Å². The number of rotatable bonds is 3. The van der Waals surface area contributed by atoms with E-state index >= 15 is 0 Å². The van der Waals surface area contributed by atoms with Crippen LogP contribution in [0.2, 0.25) is 5.02 Å². The maximum atomic E-state index is 11.5. The van der Waals surface area contributed by atoms with Gasteiger partial charge in [-0.15, -0.1) is 0 Å². The molecule has 0 aliphatic heterocycles. The summed E-state index contributed by atoms with van der Waals surface area (Å²) in [6.07, 6.45) is 0. The van der Waals surface area contributed by atoms with Crippen LogP contribution in [-0.2, 0) is 4.74 Å². The molecule has 0 saturated heterocycles. The van der Waals surface area contributed by atoms with E-state index in [4.69, 9.17) is 22.1 Å². The summed E-state index contributed by atoms with van der Waals surface area (Å²) in [6, 6.07) is 4.71. The van der Waals surface area contributed by atoms with Crippen LogP contribution in [0.3, 0.4) is 0 Å². The quantitative estimate of drug-likeness (QED) is 0.643. The number of nitrogens with one attached hydrogen (secondary N) is 1. The van der Waals surface area contributed by atoms with Crippen LogP contribution in [0.25, 0.3) is 0 Å². The number of thiocarbonyl (C=S) groups is 1. The fourth-order valence-electron chi connectivity index (χ4n) is 1.14. The van der Waals surface area contributed by atoms with Gasteiger partial charge in [-0.05, 0) is 37.3 Å². The normalized spacial score (nSPS) is 9.62. The number of carbonyl (C=O) groups is 1. The monoisotopic (exact) mass is 258 g/mol. The standard InChI is InChI=1S/C10H11ClN2O2S/c1-2-15-9(14)6-3-7(11)5-8(4-6)13-10(12)16/h3-5H,2H2,1H3,(H3,12,13,16). The Morgan fingerprint density at radius 1 is 1.56 bits per heavy atom. The number of halogens is 1. The largest absolute Gasteiger partial charge is 0.462 e. The molecule has 4 nitrogen and oxygen atoms in total. The SMILES string of the molecule is CCOC(=O)c1cc(Cl)cc(NC(N)=S)c1. The molecule has 0 aromatic heterocycles. The second kappa shape index (κ2) is 5.67. The van der Waals surface area contributed by atoms with E-state index in [2.05, 4.69) is 17.5 Å². The molecule has 0 unspecified atom stereocenters. The van der Waals surface area contributed by atoms with Crippen molar-refractivity contribution in [1.82, 2.24) is 0 Å². The van der Waals surface area contributed by atoms with E-state index in [1.165, 1.54) is 6.07 Å². The molecule has 6 heteroatoms. The van der Waals surface area contributed by atoms with E-state index in [-0.39, 0.29) is 5.11 Å². The first kappa shape index (κ1) is 12.7. The van der Waals surface area contributed by atoms with Crippen molar-refractivity contribution in [3.8, 4) is 0 Å². The molecule has 16 heavy (non-hydrogen) atoms. The predicted molar refractivity (Wildman–Crippen MR) is 67.8 cm³/mol. The molecule has 0 bridgehead atoms. The van der Waals surface area contributed by atoms with E-state index in [1.54, 1.807) is 19.1 Å². The average molecular weight is 259 g/mol. The van der Waals surface area contributed by atoms with Crippen LogP contribution in [0.4, 0.5) is 5.69 Å². The molecule has 0 heterocycles. The number of hydrogen-bond acceptors (Lipinski definition) is 3. The van der Waals surface area contributed by atoms with Gasteiger partial charge in [0.05, 0.1) is 12.2 Å². The fraction of sp³-hybridized carbons (Fsp3) is 0.200. The Kier molecular flexibility index (Phi) is 4.52. The first-order valence-electron chi connectivity index (χ1n) is 4.57. The molecule has 0 fully saturated rings. The van der Waals surface area contributed by atoms with Crippen molar-refractivity contribution in [1.29, 1.82) is 0 Å². The number of nitrogens with two attached hydrogens (primary N) is 1.